The van der Waals surface area contributed by atoms with Gasteiger partial charge in [0.15, 0.2) is 0 Å². The van der Waals surface area contributed by atoms with Crippen molar-refractivity contribution in [2.45, 2.75) is 66.4 Å². The van der Waals surface area contributed by atoms with Crippen LogP contribution < -0.4 is 10.2 Å². The molecule has 0 radical (unpaired) electrons. The van der Waals surface area contributed by atoms with Gasteiger partial charge in [-0.3, -0.25) is 19.2 Å². The van der Waals surface area contributed by atoms with Gasteiger partial charge in [-0.25, -0.2) is 0 Å². The number of rotatable bonds is 18. The predicted octanol–water partition coefficient (Wildman–Crippen LogP) is 5.59. The summed E-state index contributed by atoms with van der Waals surface area (Å²) in [5, 5.41) is 14.4. The number of nitrogens with zero attached hydrogens (tertiary/aromatic N) is 2. The first-order valence-electron chi connectivity index (χ1n) is 18.7. The van der Waals surface area contributed by atoms with Crippen LogP contribution in [-0.2, 0) is 39.8 Å². The number of ether oxygens (including phenoxy) is 3. The first-order valence-corrected chi connectivity index (χ1v) is 20.0. The van der Waals surface area contributed by atoms with Gasteiger partial charge in [0.1, 0.15) is 17.7 Å². The molecule has 11 nitrogen and oxygen atoms in total. The van der Waals surface area contributed by atoms with Crippen LogP contribution in [0.1, 0.15) is 36.5 Å². The molecule has 3 aliphatic rings. The van der Waals surface area contributed by atoms with Gasteiger partial charge >= 0.3 is 5.97 Å². The first kappa shape index (κ1) is 41.3. The van der Waals surface area contributed by atoms with Crippen LogP contribution in [0.2, 0.25) is 5.02 Å². The smallest absolute Gasteiger partial charge is 0.313 e. The van der Waals surface area contributed by atoms with Crippen molar-refractivity contribution in [2.75, 3.05) is 31.8 Å². The highest BCUT2D eigenvalue weighted by Crippen LogP contribution is 2.61. The normalized spacial score (nSPS) is 25.2. The van der Waals surface area contributed by atoms with Gasteiger partial charge in [-0.05, 0) is 54.7 Å². The fourth-order valence-electron chi connectivity index (χ4n) is 8.49. The first-order chi connectivity index (χ1) is 27.1. The van der Waals surface area contributed by atoms with E-state index in [2.05, 4.69) is 34.4 Å². The van der Waals surface area contributed by atoms with E-state index in [1.54, 1.807) is 60.7 Å². The number of aliphatic hydroxyl groups is 1. The van der Waals surface area contributed by atoms with Gasteiger partial charge in [0.25, 0.3) is 5.91 Å². The Morgan fingerprint density at radius 1 is 1.07 bits per heavy atom. The number of aliphatic hydroxyl groups excluding tert-OH is 1. The Kier molecular flexibility index (Phi) is 13.5. The van der Waals surface area contributed by atoms with E-state index in [1.807, 2.05) is 36.4 Å². The van der Waals surface area contributed by atoms with Crippen molar-refractivity contribution in [3.8, 4) is 0 Å². The number of nitrogens with one attached hydrogen (secondary N) is 1. The van der Waals surface area contributed by atoms with Crippen molar-refractivity contribution in [1.82, 2.24) is 10.2 Å². The topological polar surface area (TPSA) is 135 Å². The van der Waals surface area contributed by atoms with E-state index in [9.17, 15) is 14.7 Å². The van der Waals surface area contributed by atoms with Crippen LogP contribution in [0.3, 0.4) is 0 Å². The van der Waals surface area contributed by atoms with Crippen molar-refractivity contribution in [3.63, 3.8) is 0 Å². The molecule has 1 spiro atoms. The lowest BCUT2D eigenvalue weighted by Gasteiger charge is -2.39. The van der Waals surface area contributed by atoms with Gasteiger partial charge in [0, 0.05) is 35.6 Å². The zero-order valence-electron chi connectivity index (χ0n) is 31.2. The van der Waals surface area contributed by atoms with E-state index >= 15 is 9.59 Å². The van der Waals surface area contributed by atoms with Crippen molar-refractivity contribution >= 4 is 56.9 Å². The minimum Gasteiger partial charge on any atom is -0.455 e. The van der Waals surface area contributed by atoms with Gasteiger partial charge in [-0.1, -0.05) is 100 Å². The third kappa shape index (κ3) is 8.22. The van der Waals surface area contributed by atoms with Crippen LogP contribution in [-0.4, -0.2) is 95.2 Å². The highest BCUT2D eigenvalue weighted by Gasteiger charge is 2.77. The Morgan fingerprint density at radius 2 is 1.75 bits per heavy atom. The molecular weight excluding hydrogens is 802 g/mol. The van der Waals surface area contributed by atoms with Gasteiger partial charge in [-0.2, -0.15) is 0 Å². The lowest BCUT2D eigenvalue weighted by Crippen LogP contribution is -2.59. The molecule has 3 heterocycles. The molecule has 3 aromatic rings. The minimum atomic E-state index is -1.46. The zero-order chi connectivity index (χ0) is 40.0. The molecule has 296 valence electrons. The van der Waals surface area contributed by atoms with Crippen molar-refractivity contribution in [2.24, 2.45) is 11.8 Å². The summed E-state index contributed by atoms with van der Waals surface area (Å²) in [6.45, 7) is 7.26. The van der Waals surface area contributed by atoms with Crippen LogP contribution >= 0.6 is 27.5 Å². The Hall–Kier alpha value is -4.33. The SMILES string of the molecule is C=CCCC(=O)N[C@H](COC)[C@H](OC(=O)[C@@H]1[C@H]2O[C@@]3(CC2Br)[C@H](C(=O)N(CC=C)c2ccc(Cl)cc2)N([C@@H](CO)Cc2ccccc2)C(=O)[C@@H]13)c1ccccc1. The van der Waals surface area contributed by atoms with Crippen LogP contribution in [0.25, 0.3) is 0 Å². The molecule has 13 heteroatoms. The number of anilines is 1. The number of hydrogen-bond donors (Lipinski definition) is 2. The van der Waals surface area contributed by atoms with Gasteiger partial charge < -0.3 is 34.4 Å². The van der Waals surface area contributed by atoms with Crippen LogP contribution in [0.15, 0.2) is 110 Å². The van der Waals surface area contributed by atoms with E-state index < -0.39 is 77.0 Å². The summed E-state index contributed by atoms with van der Waals surface area (Å²) in [4.78, 5) is 60.6. The van der Waals surface area contributed by atoms with Crippen LogP contribution in [0.5, 0.6) is 0 Å². The van der Waals surface area contributed by atoms with Gasteiger partial charge in [-0.15, -0.1) is 13.2 Å². The predicted molar refractivity (Wildman–Crippen MR) is 216 cm³/mol. The molecule has 2 N–H and O–H groups in total. The van der Waals surface area contributed by atoms with Crippen molar-refractivity contribution < 1.29 is 38.5 Å². The average molecular weight is 849 g/mol. The highest BCUT2D eigenvalue weighted by molar-refractivity contribution is 9.09. The van der Waals surface area contributed by atoms with Crippen molar-refractivity contribution in [1.29, 1.82) is 0 Å². The molecule has 1 unspecified atom stereocenters. The van der Waals surface area contributed by atoms with Crippen molar-refractivity contribution in [3.05, 3.63) is 126 Å². The maximum Gasteiger partial charge on any atom is 0.313 e. The number of hydrogen-bond acceptors (Lipinski definition) is 8. The summed E-state index contributed by atoms with van der Waals surface area (Å²) in [6, 6.07) is 22.3. The summed E-state index contributed by atoms with van der Waals surface area (Å²) in [5.41, 5.74) is 0.531. The maximum atomic E-state index is 15.2. The molecule has 3 amide bonds. The summed E-state index contributed by atoms with van der Waals surface area (Å²) in [6.07, 6.45) is 2.54. The van der Waals surface area contributed by atoms with Gasteiger partial charge in [0.05, 0.1) is 43.2 Å². The number of allylic oxidation sites excluding steroid dienone is 1. The van der Waals surface area contributed by atoms with Crippen LogP contribution in [0, 0.1) is 11.8 Å². The molecule has 3 fully saturated rings. The summed E-state index contributed by atoms with van der Waals surface area (Å²) < 4.78 is 18.7. The van der Waals surface area contributed by atoms with E-state index in [1.165, 1.54) is 16.9 Å². The zero-order valence-corrected chi connectivity index (χ0v) is 33.5. The fraction of sp³-hybridized carbons (Fsp3) is 0.395. The largest absolute Gasteiger partial charge is 0.455 e. The van der Waals surface area contributed by atoms with E-state index in [4.69, 9.17) is 25.8 Å². The molecule has 56 heavy (non-hydrogen) atoms. The Balaban J connectivity index is 1.41. The third-order valence-corrected chi connectivity index (χ3v) is 12.0. The molecule has 9 atom stereocenters. The standard InChI is InChI=1S/C43H47BrClN3O8/c1-4-6-17-34(50)46-33(26-54-3)37(28-15-11-8-12-16-28)55-42(53)35-36-40(51)48(31(25-49)23-27-13-9-7-10-14-27)39(43(36)24-32(44)38(35)56-43)41(52)47(22-5-2)30-20-18-29(45)19-21-30/h4-5,7-16,18-21,31-33,35-39,49H,1-2,6,17,22-26H2,3H3,(H,46,50)/t31-,32?,33-,35+,36-,37-,38+,39+,43-/m1/s1. The summed E-state index contributed by atoms with van der Waals surface area (Å²) >= 11 is 9.97. The number of esters is 1. The third-order valence-electron chi connectivity index (χ3n) is 10.9. The number of fused-ring (bicyclic) bond motifs is 1. The number of likely N-dealkylation sites (tertiary alicyclic amines) is 1. The molecule has 0 saturated carbocycles. The lowest BCUT2D eigenvalue weighted by atomic mass is 9.70. The van der Waals surface area contributed by atoms with E-state index in [0.717, 1.165) is 5.56 Å². The van der Waals surface area contributed by atoms with E-state index in [0.29, 0.717) is 22.7 Å². The number of methoxy groups -OCH3 is 1. The molecule has 2 bridgehead atoms. The Labute approximate surface area is 340 Å². The van der Waals surface area contributed by atoms with E-state index in [-0.39, 0.29) is 38.3 Å². The average Bonchev–Trinajstić information content (AvgIpc) is 3.81. The van der Waals surface area contributed by atoms with Crippen LogP contribution in [0.4, 0.5) is 5.69 Å². The molecule has 0 aromatic heterocycles. The fourth-order valence-corrected chi connectivity index (χ4v) is 9.56. The van der Waals surface area contributed by atoms with Gasteiger partial charge in [0.2, 0.25) is 11.8 Å². The lowest BCUT2D eigenvalue weighted by molar-refractivity contribution is -0.163. The number of amides is 3. The molecule has 6 rings (SSSR count). The molecule has 3 aliphatic heterocycles. The second-order valence-electron chi connectivity index (χ2n) is 14.4. The Morgan fingerprint density at radius 3 is 2.38 bits per heavy atom. The second-order valence-corrected chi connectivity index (χ2v) is 16.0. The Bertz CT molecular complexity index is 1880. The monoisotopic (exact) mass is 847 g/mol. The maximum absolute atomic E-state index is 15.2. The summed E-state index contributed by atoms with van der Waals surface area (Å²) in [7, 11) is 1.49. The number of alkyl halides is 1. The quantitative estimate of drug-likeness (QED) is 0.0962. The number of halogens is 2. The minimum absolute atomic E-state index is 0.0243. The second kappa shape index (κ2) is 18.3. The molecule has 3 saturated heterocycles. The molecular formula is C43H47BrClN3O8. The highest BCUT2D eigenvalue weighted by atomic mass is 79.9. The number of carbonyl (C=O) groups excluding carboxylic acids is 4. The molecule has 3 aromatic carbocycles. The number of carbonyl (C=O) groups is 4. The summed E-state index contributed by atoms with van der Waals surface area (Å²) in [5.74, 6) is -4.18. The molecule has 0 aliphatic carbocycles. The number of benzene rings is 3.